The minimum atomic E-state index is -4.44. The molecule has 0 N–H and O–H groups in total. The standard InChI is InChI=1S/C13H18F3NO/c1-11(2,3)9-7-6-8-10(17-9)18-12(4,5)13(14,15)16/h6-8H,1-5H3. The van der Waals surface area contributed by atoms with Crippen molar-refractivity contribution in [3.05, 3.63) is 23.9 Å². The van der Waals surface area contributed by atoms with E-state index in [1.807, 2.05) is 20.8 Å². The number of rotatable bonds is 2. The van der Waals surface area contributed by atoms with Crippen molar-refractivity contribution < 1.29 is 17.9 Å². The molecular formula is C13H18F3NO. The van der Waals surface area contributed by atoms with Gasteiger partial charge in [0, 0.05) is 17.2 Å². The average molecular weight is 261 g/mol. The molecule has 0 aliphatic heterocycles. The highest BCUT2D eigenvalue weighted by atomic mass is 19.4. The summed E-state index contributed by atoms with van der Waals surface area (Å²) in [5, 5.41) is 0. The van der Waals surface area contributed by atoms with E-state index < -0.39 is 11.8 Å². The van der Waals surface area contributed by atoms with Crippen LogP contribution in [0.3, 0.4) is 0 Å². The molecule has 1 aromatic heterocycles. The fourth-order valence-corrected chi connectivity index (χ4v) is 1.21. The van der Waals surface area contributed by atoms with Crippen molar-refractivity contribution in [3.8, 4) is 5.88 Å². The Labute approximate surface area is 105 Å². The van der Waals surface area contributed by atoms with Crippen LogP contribution >= 0.6 is 0 Å². The molecule has 1 heterocycles. The summed E-state index contributed by atoms with van der Waals surface area (Å²) in [5.41, 5.74) is -1.80. The average Bonchev–Trinajstić information content (AvgIpc) is 2.14. The molecule has 1 aromatic rings. The van der Waals surface area contributed by atoms with Crippen LogP contribution in [0, 0.1) is 0 Å². The zero-order valence-corrected chi connectivity index (χ0v) is 11.2. The van der Waals surface area contributed by atoms with Crippen molar-refractivity contribution in [1.82, 2.24) is 4.98 Å². The third kappa shape index (κ3) is 3.37. The van der Waals surface area contributed by atoms with E-state index >= 15 is 0 Å². The van der Waals surface area contributed by atoms with E-state index in [1.54, 1.807) is 12.1 Å². The van der Waals surface area contributed by atoms with Crippen molar-refractivity contribution in [2.45, 2.75) is 51.8 Å². The summed E-state index contributed by atoms with van der Waals surface area (Å²) in [6, 6.07) is 4.85. The van der Waals surface area contributed by atoms with Gasteiger partial charge in [0.2, 0.25) is 5.88 Å². The molecule has 0 atom stereocenters. The van der Waals surface area contributed by atoms with E-state index in [4.69, 9.17) is 4.74 Å². The quantitative estimate of drug-likeness (QED) is 0.799. The number of alkyl halides is 3. The van der Waals surface area contributed by atoms with Gasteiger partial charge in [-0.25, -0.2) is 4.98 Å². The maximum Gasteiger partial charge on any atom is 0.427 e. The third-order valence-electron chi connectivity index (χ3n) is 2.53. The minimum Gasteiger partial charge on any atom is -0.462 e. The lowest BCUT2D eigenvalue weighted by molar-refractivity contribution is -0.235. The fraction of sp³-hybridized carbons (Fsp3) is 0.615. The van der Waals surface area contributed by atoms with Crippen molar-refractivity contribution in [2.24, 2.45) is 0 Å². The molecule has 2 nitrogen and oxygen atoms in total. The van der Waals surface area contributed by atoms with Gasteiger partial charge in [0.25, 0.3) is 0 Å². The first kappa shape index (κ1) is 14.8. The smallest absolute Gasteiger partial charge is 0.427 e. The Morgan fingerprint density at radius 3 is 2.00 bits per heavy atom. The third-order valence-corrected chi connectivity index (χ3v) is 2.53. The lowest BCUT2D eigenvalue weighted by atomic mass is 9.92. The Kier molecular flexibility index (Phi) is 3.65. The van der Waals surface area contributed by atoms with Gasteiger partial charge in [0.05, 0.1) is 0 Å². The second-order valence-electron chi connectivity index (χ2n) is 5.72. The molecule has 5 heteroatoms. The molecule has 0 radical (unpaired) electrons. The molecule has 0 amide bonds. The van der Waals surface area contributed by atoms with Crippen LogP contribution < -0.4 is 4.74 Å². The van der Waals surface area contributed by atoms with Crippen LogP contribution in [0.2, 0.25) is 0 Å². The van der Waals surface area contributed by atoms with Crippen LogP contribution in [-0.2, 0) is 5.41 Å². The summed E-state index contributed by atoms with van der Waals surface area (Å²) in [6.45, 7) is 7.78. The van der Waals surface area contributed by atoms with Crippen LogP contribution in [0.5, 0.6) is 5.88 Å². The predicted octanol–water partition coefficient (Wildman–Crippen LogP) is 4.10. The number of hydrogen-bond acceptors (Lipinski definition) is 2. The SMILES string of the molecule is CC(C)(C)c1cccc(OC(C)(C)C(F)(F)F)n1. The molecule has 1 rings (SSSR count). The van der Waals surface area contributed by atoms with E-state index in [2.05, 4.69) is 4.98 Å². The summed E-state index contributed by atoms with van der Waals surface area (Å²) in [5.74, 6) is -0.00949. The van der Waals surface area contributed by atoms with E-state index in [0.717, 1.165) is 13.8 Å². The molecule has 0 fully saturated rings. The lowest BCUT2D eigenvalue weighted by Crippen LogP contribution is -2.44. The Bertz CT molecular complexity index is 419. The molecule has 0 bridgehead atoms. The highest BCUT2D eigenvalue weighted by molar-refractivity contribution is 5.21. The van der Waals surface area contributed by atoms with Crippen molar-refractivity contribution >= 4 is 0 Å². The van der Waals surface area contributed by atoms with Crippen LogP contribution in [0.1, 0.15) is 40.3 Å². The molecular weight excluding hydrogens is 243 g/mol. The van der Waals surface area contributed by atoms with E-state index in [1.165, 1.54) is 6.07 Å². The van der Waals surface area contributed by atoms with Crippen LogP contribution in [0.25, 0.3) is 0 Å². The summed E-state index contributed by atoms with van der Waals surface area (Å²) >= 11 is 0. The van der Waals surface area contributed by atoms with Crippen molar-refractivity contribution in [1.29, 1.82) is 0 Å². The molecule has 18 heavy (non-hydrogen) atoms. The minimum absolute atomic E-state index is 0.00949. The molecule has 0 aliphatic rings. The molecule has 0 aliphatic carbocycles. The zero-order chi connectivity index (χ0) is 14.2. The van der Waals surface area contributed by atoms with Gasteiger partial charge < -0.3 is 4.74 Å². The first-order chi connectivity index (χ1) is 7.93. The number of nitrogens with zero attached hydrogens (tertiary/aromatic N) is 1. The highest BCUT2D eigenvalue weighted by Gasteiger charge is 2.50. The Morgan fingerprint density at radius 1 is 1.00 bits per heavy atom. The first-order valence-electron chi connectivity index (χ1n) is 5.67. The zero-order valence-electron chi connectivity index (χ0n) is 11.2. The van der Waals surface area contributed by atoms with Gasteiger partial charge in [-0.1, -0.05) is 26.8 Å². The Hall–Kier alpha value is -1.26. The van der Waals surface area contributed by atoms with Gasteiger partial charge in [0.1, 0.15) is 0 Å². The number of ether oxygens (including phenoxy) is 1. The number of aromatic nitrogens is 1. The van der Waals surface area contributed by atoms with Gasteiger partial charge in [-0.3, -0.25) is 0 Å². The van der Waals surface area contributed by atoms with Crippen LogP contribution in [0.15, 0.2) is 18.2 Å². The van der Waals surface area contributed by atoms with Crippen molar-refractivity contribution in [2.75, 3.05) is 0 Å². The number of hydrogen-bond donors (Lipinski definition) is 0. The van der Waals surface area contributed by atoms with E-state index in [0.29, 0.717) is 5.69 Å². The highest BCUT2D eigenvalue weighted by Crippen LogP contribution is 2.34. The normalized spacial score (nSPS) is 13.6. The largest absolute Gasteiger partial charge is 0.462 e. The topological polar surface area (TPSA) is 22.1 Å². The molecule has 0 unspecified atom stereocenters. The van der Waals surface area contributed by atoms with Gasteiger partial charge >= 0.3 is 6.18 Å². The molecule has 0 saturated heterocycles. The van der Waals surface area contributed by atoms with Crippen molar-refractivity contribution in [3.63, 3.8) is 0 Å². The van der Waals surface area contributed by atoms with Crippen LogP contribution in [-0.4, -0.2) is 16.8 Å². The lowest BCUT2D eigenvalue weighted by Gasteiger charge is -2.28. The number of halogens is 3. The Morgan fingerprint density at radius 2 is 1.56 bits per heavy atom. The maximum atomic E-state index is 12.7. The molecule has 0 aromatic carbocycles. The van der Waals surface area contributed by atoms with E-state index in [9.17, 15) is 13.2 Å². The molecule has 102 valence electrons. The second-order valence-corrected chi connectivity index (χ2v) is 5.72. The van der Waals surface area contributed by atoms with Gasteiger partial charge in [-0.15, -0.1) is 0 Å². The summed E-state index contributed by atoms with van der Waals surface area (Å²) in [6.07, 6.45) is -4.44. The number of pyridine rings is 1. The van der Waals surface area contributed by atoms with Crippen LogP contribution in [0.4, 0.5) is 13.2 Å². The predicted molar refractivity (Wildman–Crippen MR) is 63.7 cm³/mol. The Balaban J connectivity index is 3.00. The summed E-state index contributed by atoms with van der Waals surface area (Å²) in [7, 11) is 0. The molecule has 0 spiro atoms. The van der Waals surface area contributed by atoms with E-state index in [-0.39, 0.29) is 11.3 Å². The monoisotopic (exact) mass is 261 g/mol. The fourth-order valence-electron chi connectivity index (χ4n) is 1.21. The summed E-state index contributed by atoms with van der Waals surface area (Å²) < 4.78 is 43.1. The van der Waals surface area contributed by atoms with Gasteiger partial charge in [0.15, 0.2) is 5.60 Å². The van der Waals surface area contributed by atoms with Gasteiger partial charge in [-0.05, 0) is 19.9 Å². The van der Waals surface area contributed by atoms with Gasteiger partial charge in [-0.2, -0.15) is 13.2 Å². The first-order valence-corrected chi connectivity index (χ1v) is 5.67. The maximum absolute atomic E-state index is 12.7. The molecule has 0 saturated carbocycles. The summed E-state index contributed by atoms with van der Waals surface area (Å²) in [4.78, 5) is 4.12. The second kappa shape index (κ2) is 4.44.